The van der Waals surface area contributed by atoms with Crippen LogP contribution in [0.25, 0.3) is 0 Å². The number of esters is 1. The van der Waals surface area contributed by atoms with Crippen LogP contribution in [0.4, 0.5) is 0 Å². The minimum Gasteiger partial charge on any atom is -0.451 e. The molecule has 23 heavy (non-hydrogen) atoms. The second kappa shape index (κ2) is 7.69. The standard InChI is InChI=1S/C15H17Cl3N2O3/c1-8-4-3-5-9(2)20(8)11(21)7-23-15(22)14-13(18)12(17)10(16)6-19-14/h6,8-9H,3-5,7H2,1-2H3/t8-,9-/m0/s1. The summed E-state index contributed by atoms with van der Waals surface area (Å²) < 4.78 is 5.04. The molecule has 0 aromatic carbocycles. The highest BCUT2D eigenvalue weighted by Gasteiger charge is 2.30. The van der Waals surface area contributed by atoms with Crippen LogP contribution in [0.15, 0.2) is 6.20 Å². The molecule has 126 valence electrons. The molecule has 1 amide bonds. The van der Waals surface area contributed by atoms with Crippen molar-refractivity contribution in [1.29, 1.82) is 0 Å². The van der Waals surface area contributed by atoms with Crippen LogP contribution in [0.5, 0.6) is 0 Å². The quantitative estimate of drug-likeness (QED) is 0.745. The van der Waals surface area contributed by atoms with Crippen LogP contribution in [-0.4, -0.2) is 40.5 Å². The van der Waals surface area contributed by atoms with Gasteiger partial charge < -0.3 is 9.64 Å². The fraction of sp³-hybridized carbons (Fsp3) is 0.533. The lowest BCUT2D eigenvalue weighted by atomic mass is 9.97. The van der Waals surface area contributed by atoms with Gasteiger partial charge in [0, 0.05) is 18.3 Å². The van der Waals surface area contributed by atoms with Gasteiger partial charge >= 0.3 is 5.97 Å². The zero-order chi connectivity index (χ0) is 17.1. The predicted octanol–water partition coefficient (Wildman–Crippen LogP) is 3.99. The zero-order valence-electron chi connectivity index (χ0n) is 12.8. The van der Waals surface area contributed by atoms with Gasteiger partial charge in [0.15, 0.2) is 12.3 Å². The molecule has 0 aliphatic carbocycles. The summed E-state index contributed by atoms with van der Waals surface area (Å²) in [6, 6.07) is 0.272. The average molecular weight is 380 g/mol. The number of halogens is 3. The van der Waals surface area contributed by atoms with E-state index in [1.165, 1.54) is 6.20 Å². The Labute approximate surface area is 149 Å². The zero-order valence-corrected chi connectivity index (χ0v) is 15.1. The molecule has 0 N–H and O–H groups in total. The number of pyridine rings is 1. The van der Waals surface area contributed by atoms with Crippen LogP contribution in [0.3, 0.4) is 0 Å². The number of piperidine rings is 1. The Hall–Kier alpha value is -1.04. The molecule has 1 aliphatic rings. The first-order valence-electron chi connectivity index (χ1n) is 7.30. The molecule has 1 aromatic heterocycles. The summed E-state index contributed by atoms with van der Waals surface area (Å²) in [7, 11) is 0. The van der Waals surface area contributed by atoms with Gasteiger partial charge in [-0.1, -0.05) is 34.8 Å². The highest BCUT2D eigenvalue weighted by Crippen LogP contribution is 2.31. The van der Waals surface area contributed by atoms with E-state index in [0.717, 1.165) is 19.3 Å². The van der Waals surface area contributed by atoms with E-state index in [1.807, 2.05) is 13.8 Å². The first-order chi connectivity index (χ1) is 10.8. The minimum atomic E-state index is -0.806. The van der Waals surface area contributed by atoms with E-state index < -0.39 is 5.97 Å². The third kappa shape index (κ3) is 4.08. The van der Waals surface area contributed by atoms with Crippen molar-refractivity contribution in [2.45, 2.75) is 45.2 Å². The van der Waals surface area contributed by atoms with E-state index in [9.17, 15) is 9.59 Å². The number of carbonyl (C=O) groups excluding carboxylic acids is 2. The van der Waals surface area contributed by atoms with Gasteiger partial charge in [-0.2, -0.15) is 0 Å². The van der Waals surface area contributed by atoms with Gasteiger partial charge in [0.1, 0.15) is 0 Å². The number of amides is 1. The lowest BCUT2D eigenvalue weighted by Crippen LogP contribution is -2.49. The fourth-order valence-corrected chi connectivity index (χ4v) is 3.33. The van der Waals surface area contributed by atoms with Gasteiger partial charge in [-0.05, 0) is 33.1 Å². The van der Waals surface area contributed by atoms with Crippen molar-refractivity contribution in [1.82, 2.24) is 9.88 Å². The van der Waals surface area contributed by atoms with Gasteiger partial charge in [-0.3, -0.25) is 4.79 Å². The summed E-state index contributed by atoms with van der Waals surface area (Å²) in [5, 5.41) is 0.0801. The molecule has 0 bridgehead atoms. The van der Waals surface area contributed by atoms with E-state index in [0.29, 0.717) is 0 Å². The normalized spacial score (nSPS) is 21.2. The molecule has 1 aromatic rings. The lowest BCUT2D eigenvalue weighted by Gasteiger charge is -2.38. The van der Waals surface area contributed by atoms with E-state index in [-0.39, 0.29) is 45.4 Å². The number of ether oxygens (including phenoxy) is 1. The molecule has 0 saturated carbocycles. The number of nitrogens with zero attached hydrogens (tertiary/aromatic N) is 2. The Bertz CT molecular complexity index is 614. The largest absolute Gasteiger partial charge is 0.451 e. The van der Waals surface area contributed by atoms with Gasteiger partial charge in [0.2, 0.25) is 0 Å². The fourth-order valence-electron chi connectivity index (χ4n) is 2.77. The van der Waals surface area contributed by atoms with Crippen LogP contribution < -0.4 is 0 Å². The maximum absolute atomic E-state index is 12.3. The Morgan fingerprint density at radius 2 is 1.83 bits per heavy atom. The van der Waals surface area contributed by atoms with Crippen LogP contribution in [0.1, 0.15) is 43.6 Å². The lowest BCUT2D eigenvalue weighted by molar-refractivity contribution is -0.140. The Balaban J connectivity index is 2.01. The maximum Gasteiger partial charge on any atom is 0.359 e. The molecule has 1 saturated heterocycles. The van der Waals surface area contributed by atoms with Crippen molar-refractivity contribution in [3.8, 4) is 0 Å². The van der Waals surface area contributed by atoms with Gasteiger partial charge in [0.25, 0.3) is 5.91 Å². The van der Waals surface area contributed by atoms with Crippen molar-refractivity contribution < 1.29 is 14.3 Å². The molecule has 2 rings (SSSR count). The Morgan fingerprint density at radius 1 is 1.22 bits per heavy atom. The van der Waals surface area contributed by atoms with E-state index >= 15 is 0 Å². The van der Waals surface area contributed by atoms with Crippen LogP contribution in [0.2, 0.25) is 15.1 Å². The molecular formula is C15H17Cl3N2O3. The number of aromatic nitrogens is 1. The molecule has 2 atom stereocenters. The summed E-state index contributed by atoms with van der Waals surface area (Å²) in [5.74, 6) is -1.03. The summed E-state index contributed by atoms with van der Waals surface area (Å²) in [5.41, 5.74) is -0.159. The number of hydrogen-bond donors (Lipinski definition) is 0. The molecule has 0 radical (unpaired) electrons. The second-order valence-corrected chi connectivity index (χ2v) is 6.75. The number of carbonyl (C=O) groups is 2. The summed E-state index contributed by atoms with van der Waals surface area (Å²) in [6.07, 6.45) is 4.20. The average Bonchev–Trinajstić information content (AvgIpc) is 2.50. The second-order valence-electron chi connectivity index (χ2n) is 5.59. The molecule has 5 nitrogen and oxygen atoms in total. The topological polar surface area (TPSA) is 59.5 Å². The smallest absolute Gasteiger partial charge is 0.359 e. The SMILES string of the molecule is C[C@H]1CCC[C@H](C)N1C(=O)COC(=O)c1ncc(Cl)c(Cl)c1Cl. The monoisotopic (exact) mass is 378 g/mol. The molecular weight excluding hydrogens is 363 g/mol. The maximum atomic E-state index is 12.3. The summed E-state index contributed by atoms with van der Waals surface area (Å²) >= 11 is 17.6. The number of likely N-dealkylation sites (tertiary alicyclic amines) is 1. The predicted molar refractivity (Wildman–Crippen MR) is 89.2 cm³/mol. The minimum absolute atomic E-state index is 0.0277. The van der Waals surface area contributed by atoms with Crippen LogP contribution in [-0.2, 0) is 9.53 Å². The number of hydrogen-bond acceptors (Lipinski definition) is 4. The molecule has 8 heteroatoms. The molecule has 2 heterocycles. The third-order valence-electron chi connectivity index (χ3n) is 3.92. The van der Waals surface area contributed by atoms with Crippen molar-refractivity contribution in [2.24, 2.45) is 0 Å². The first kappa shape index (κ1) is 18.3. The first-order valence-corrected chi connectivity index (χ1v) is 8.44. The highest BCUT2D eigenvalue weighted by molar-refractivity contribution is 6.48. The van der Waals surface area contributed by atoms with Gasteiger partial charge in [0.05, 0.1) is 15.1 Å². The molecule has 0 unspecified atom stereocenters. The Kier molecular flexibility index (Phi) is 6.12. The van der Waals surface area contributed by atoms with E-state index in [4.69, 9.17) is 39.5 Å². The van der Waals surface area contributed by atoms with E-state index in [2.05, 4.69) is 4.98 Å². The number of rotatable bonds is 3. The van der Waals surface area contributed by atoms with Crippen molar-refractivity contribution in [2.75, 3.05) is 6.61 Å². The van der Waals surface area contributed by atoms with E-state index in [1.54, 1.807) is 4.90 Å². The molecule has 1 aliphatic heterocycles. The van der Waals surface area contributed by atoms with Crippen molar-refractivity contribution in [3.05, 3.63) is 27.0 Å². The van der Waals surface area contributed by atoms with Gasteiger partial charge in [-0.15, -0.1) is 0 Å². The van der Waals surface area contributed by atoms with Crippen LogP contribution in [0, 0.1) is 0 Å². The third-order valence-corrected chi connectivity index (χ3v) is 5.16. The van der Waals surface area contributed by atoms with Gasteiger partial charge in [-0.25, -0.2) is 9.78 Å². The molecule has 1 fully saturated rings. The van der Waals surface area contributed by atoms with Crippen LogP contribution >= 0.6 is 34.8 Å². The Morgan fingerprint density at radius 3 is 2.43 bits per heavy atom. The summed E-state index contributed by atoms with van der Waals surface area (Å²) in [4.78, 5) is 29.9. The highest BCUT2D eigenvalue weighted by atomic mass is 35.5. The molecule has 0 spiro atoms. The van der Waals surface area contributed by atoms with Crippen molar-refractivity contribution >= 4 is 46.7 Å². The summed E-state index contributed by atoms with van der Waals surface area (Å²) in [6.45, 7) is 3.63. The van der Waals surface area contributed by atoms with Crippen molar-refractivity contribution in [3.63, 3.8) is 0 Å².